The van der Waals surface area contributed by atoms with Crippen LogP contribution in [0, 0.1) is 5.82 Å². The van der Waals surface area contributed by atoms with Gasteiger partial charge in [0.25, 0.3) is 0 Å². The summed E-state index contributed by atoms with van der Waals surface area (Å²) < 4.78 is 21.1. The minimum absolute atomic E-state index is 0.145. The third-order valence-corrected chi connectivity index (χ3v) is 4.16. The molecular formula is C13H8BrFN2OS. The summed E-state index contributed by atoms with van der Waals surface area (Å²) in [5.41, 5.74) is 6.68. The van der Waals surface area contributed by atoms with E-state index in [9.17, 15) is 4.39 Å². The monoisotopic (exact) mass is 338 g/mol. The van der Waals surface area contributed by atoms with Gasteiger partial charge in [-0.2, -0.15) is 0 Å². The van der Waals surface area contributed by atoms with Crippen molar-refractivity contribution in [3.63, 3.8) is 0 Å². The molecule has 0 amide bonds. The van der Waals surface area contributed by atoms with Crippen LogP contribution in [-0.4, -0.2) is 4.98 Å². The molecule has 0 aliphatic rings. The standard InChI is InChI=1S/C13H8BrFN2OS/c14-12-6-9-13(19-12)11(3-4-17-9)18-10-2-1-7(16)5-8(10)15/h1-6H,16H2. The van der Waals surface area contributed by atoms with E-state index in [0.29, 0.717) is 11.4 Å². The van der Waals surface area contributed by atoms with Gasteiger partial charge in [0.2, 0.25) is 0 Å². The predicted octanol–water partition coefficient (Wildman–Crippen LogP) is 4.57. The average Bonchev–Trinajstić information content (AvgIpc) is 2.74. The van der Waals surface area contributed by atoms with Gasteiger partial charge >= 0.3 is 0 Å². The summed E-state index contributed by atoms with van der Waals surface area (Å²) in [6.45, 7) is 0. The molecule has 0 bridgehead atoms. The van der Waals surface area contributed by atoms with Crippen LogP contribution in [0.1, 0.15) is 0 Å². The first-order valence-electron chi connectivity index (χ1n) is 5.40. The van der Waals surface area contributed by atoms with Crippen LogP contribution in [0.2, 0.25) is 0 Å². The van der Waals surface area contributed by atoms with Crippen LogP contribution in [0.15, 0.2) is 40.3 Å². The lowest BCUT2D eigenvalue weighted by atomic mass is 10.3. The van der Waals surface area contributed by atoms with Crippen molar-refractivity contribution in [2.45, 2.75) is 0 Å². The van der Waals surface area contributed by atoms with Crippen molar-refractivity contribution < 1.29 is 9.13 Å². The summed E-state index contributed by atoms with van der Waals surface area (Å²) in [5, 5.41) is 0. The van der Waals surface area contributed by atoms with Gasteiger partial charge in [-0.25, -0.2) is 4.39 Å². The Balaban J connectivity index is 2.05. The zero-order chi connectivity index (χ0) is 13.4. The van der Waals surface area contributed by atoms with Gasteiger partial charge in [0.05, 0.1) is 14.0 Å². The number of aromatic nitrogens is 1. The molecule has 0 saturated carbocycles. The molecule has 0 aliphatic carbocycles. The first-order valence-corrected chi connectivity index (χ1v) is 7.01. The van der Waals surface area contributed by atoms with Gasteiger partial charge in [-0.05, 0) is 34.1 Å². The van der Waals surface area contributed by atoms with E-state index in [0.717, 1.165) is 14.0 Å². The van der Waals surface area contributed by atoms with E-state index in [2.05, 4.69) is 20.9 Å². The summed E-state index contributed by atoms with van der Waals surface area (Å²) in [6.07, 6.45) is 1.63. The lowest BCUT2D eigenvalue weighted by Crippen LogP contribution is -1.91. The Bertz CT molecular complexity index is 759. The highest BCUT2D eigenvalue weighted by atomic mass is 79.9. The molecule has 2 N–H and O–H groups in total. The molecule has 3 aromatic rings. The maximum atomic E-state index is 13.7. The highest BCUT2D eigenvalue weighted by molar-refractivity contribution is 9.11. The van der Waals surface area contributed by atoms with Gasteiger partial charge in [0.15, 0.2) is 11.6 Å². The Morgan fingerprint density at radius 3 is 2.84 bits per heavy atom. The van der Waals surface area contributed by atoms with Gasteiger partial charge in [-0.3, -0.25) is 4.98 Å². The number of pyridine rings is 1. The number of nitrogens with zero attached hydrogens (tertiary/aromatic N) is 1. The predicted molar refractivity (Wildman–Crippen MR) is 78.2 cm³/mol. The number of hydrogen-bond acceptors (Lipinski definition) is 4. The first kappa shape index (κ1) is 12.4. The Labute approximate surface area is 121 Å². The number of halogens is 2. The fraction of sp³-hybridized carbons (Fsp3) is 0. The van der Waals surface area contributed by atoms with E-state index < -0.39 is 5.82 Å². The van der Waals surface area contributed by atoms with Gasteiger partial charge in [-0.15, -0.1) is 11.3 Å². The van der Waals surface area contributed by atoms with E-state index in [1.165, 1.54) is 23.5 Å². The maximum Gasteiger partial charge on any atom is 0.167 e. The Morgan fingerprint density at radius 1 is 1.21 bits per heavy atom. The molecule has 3 nitrogen and oxygen atoms in total. The van der Waals surface area contributed by atoms with E-state index >= 15 is 0 Å². The summed E-state index contributed by atoms with van der Waals surface area (Å²) in [5.74, 6) is 0.233. The summed E-state index contributed by atoms with van der Waals surface area (Å²) >= 11 is 4.89. The zero-order valence-electron chi connectivity index (χ0n) is 9.56. The van der Waals surface area contributed by atoms with Gasteiger partial charge in [0, 0.05) is 24.0 Å². The molecule has 0 spiro atoms. The van der Waals surface area contributed by atoms with Crippen LogP contribution >= 0.6 is 27.3 Å². The van der Waals surface area contributed by atoms with Crippen molar-refractivity contribution in [2.75, 3.05) is 5.73 Å². The minimum atomic E-state index is -0.486. The van der Waals surface area contributed by atoms with Crippen molar-refractivity contribution in [1.29, 1.82) is 0 Å². The number of nitrogens with two attached hydrogens (primary N) is 1. The van der Waals surface area contributed by atoms with Crippen molar-refractivity contribution in [3.8, 4) is 11.5 Å². The second-order valence-corrected chi connectivity index (χ2v) is 6.30. The first-order chi connectivity index (χ1) is 9.13. The van der Waals surface area contributed by atoms with Gasteiger partial charge in [-0.1, -0.05) is 0 Å². The molecule has 1 aromatic carbocycles. The van der Waals surface area contributed by atoms with E-state index in [4.69, 9.17) is 10.5 Å². The number of hydrogen-bond donors (Lipinski definition) is 1. The quantitative estimate of drug-likeness (QED) is 0.696. The molecule has 0 fully saturated rings. The summed E-state index contributed by atoms with van der Waals surface area (Å²) in [4.78, 5) is 4.23. The lowest BCUT2D eigenvalue weighted by molar-refractivity contribution is 0.447. The maximum absolute atomic E-state index is 13.7. The molecule has 2 aromatic heterocycles. The Morgan fingerprint density at radius 2 is 2.05 bits per heavy atom. The van der Waals surface area contributed by atoms with Crippen LogP contribution in [0.3, 0.4) is 0 Å². The number of anilines is 1. The highest BCUT2D eigenvalue weighted by Crippen LogP contribution is 2.37. The smallest absolute Gasteiger partial charge is 0.167 e. The number of fused-ring (bicyclic) bond motifs is 1. The molecule has 19 heavy (non-hydrogen) atoms. The number of rotatable bonds is 2. The average molecular weight is 339 g/mol. The van der Waals surface area contributed by atoms with Crippen LogP contribution in [-0.2, 0) is 0 Å². The van der Waals surface area contributed by atoms with Crippen molar-refractivity contribution in [3.05, 3.63) is 46.1 Å². The third kappa shape index (κ3) is 2.41. The SMILES string of the molecule is Nc1ccc(Oc2ccnc3cc(Br)sc23)c(F)c1. The molecule has 6 heteroatoms. The van der Waals surface area contributed by atoms with Crippen LogP contribution in [0.25, 0.3) is 10.2 Å². The van der Waals surface area contributed by atoms with E-state index in [-0.39, 0.29) is 5.75 Å². The second kappa shape index (κ2) is 4.79. The summed E-state index contributed by atoms with van der Waals surface area (Å²) in [7, 11) is 0. The van der Waals surface area contributed by atoms with Gasteiger partial charge in [0.1, 0.15) is 5.75 Å². The van der Waals surface area contributed by atoms with Crippen LogP contribution in [0.5, 0.6) is 11.5 Å². The molecule has 3 rings (SSSR count). The fourth-order valence-corrected chi connectivity index (χ4v) is 3.18. The van der Waals surface area contributed by atoms with E-state index in [1.807, 2.05) is 6.07 Å². The van der Waals surface area contributed by atoms with Crippen molar-refractivity contribution >= 4 is 43.2 Å². The van der Waals surface area contributed by atoms with Crippen molar-refractivity contribution in [1.82, 2.24) is 4.98 Å². The molecule has 0 atom stereocenters. The summed E-state index contributed by atoms with van der Waals surface area (Å²) in [6, 6.07) is 7.95. The van der Waals surface area contributed by atoms with Gasteiger partial charge < -0.3 is 10.5 Å². The number of nitrogen functional groups attached to an aromatic ring is 1. The van der Waals surface area contributed by atoms with Crippen molar-refractivity contribution in [2.24, 2.45) is 0 Å². The number of thiophene rings is 1. The van der Waals surface area contributed by atoms with E-state index in [1.54, 1.807) is 18.3 Å². The molecule has 2 heterocycles. The topological polar surface area (TPSA) is 48.1 Å². The largest absolute Gasteiger partial charge is 0.453 e. The minimum Gasteiger partial charge on any atom is -0.453 e. The molecule has 0 unspecified atom stereocenters. The second-order valence-electron chi connectivity index (χ2n) is 3.87. The number of ether oxygens (including phenoxy) is 1. The third-order valence-electron chi connectivity index (χ3n) is 2.52. The van der Waals surface area contributed by atoms with Crippen LogP contribution in [0.4, 0.5) is 10.1 Å². The molecule has 0 radical (unpaired) electrons. The molecule has 96 valence electrons. The Kier molecular flexibility index (Phi) is 3.12. The highest BCUT2D eigenvalue weighted by Gasteiger charge is 2.10. The lowest BCUT2D eigenvalue weighted by Gasteiger charge is -2.07. The van der Waals surface area contributed by atoms with Crippen LogP contribution < -0.4 is 10.5 Å². The molecule has 0 saturated heterocycles. The molecule has 0 aliphatic heterocycles. The zero-order valence-corrected chi connectivity index (χ0v) is 12.0. The molecular weight excluding hydrogens is 331 g/mol. The normalized spacial score (nSPS) is 10.8. The Hall–Kier alpha value is -1.66. The fourth-order valence-electron chi connectivity index (χ4n) is 1.68. The number of benzene rings is 1.